The molecule has 2 aromatic heterocycles. The highest BCUT2D eigenvalue weighted by Gasteiger charge is 2.18. The Bertz CT molecular complexity index is 618. The zero-order chi connectivity index (χ0) is 14.8. The molecule has 0 amide bonds. The summed E-state index contributed by atoms with van der Waals surface area (Å²) < 4.78 is 5.40. The van der Waals surface area contributed by atoms with Crippen LogP contribution in [-0.2, 0) is 4.74 Å². The number of aromatic nitrogens is 3. The van der Waals surface area contributed by atoms with Crippen molar-refractivity contribution in [2.45, 2.75) is 33.2 Å². The minimum atomic E-state index is 0.385. The molecule has 1 atom stereocenters. The molecule has 1 fully saturated rings. The number of nitrogens with one attached hydrogen (secondary N) is 2. The van der Waals surface area contributed by atoms with Crippen LogP contribution >= 0.6 is 0 Å². The summed E-state index contributed by atoms with van der Waals surface area (Å²) in [7, 11) is 0. The molecule has 3 heterocycles. The first kappa shape index (κ1) is 14.1. The highest BCUT2D eigenvalue weighted by Crippen LogP contribution is 2.25. The van der Waals surface area contributed by atoms with Crippen molar-refractivity contribution in [3.05, 3.63) is 11.8 Å². The second-order valence-electron chi connectivity index (χ2n) is 5.64. The van der Waals surface area contributed by atoms with Crippen LogP contribution < -0.4 is 10.2 Å². The summed E-state index contributed by atoms with van der Waals surface area (Å²) >= 11 is 0. The molecule has 0 spiro atoms. The fraction of sp³-hybridized carbons (Fsp3) is 0.600. The van der Waals surface area contributed by atoms with E-state index in [1.807, 2.05) is 6.92 Å². The van der Waals surface area contributed by atoms with Gasteiger partial charge in [-0.25, -0.2) is 0 Å². The van der Waals surface area contributed by atoms with Crippen molar-refractivity contribution in [1.29, 1.82) is 0 Å². The van der Waals surface area contributed by atoms with E-state index in [-0.39, 0.29) is 0 Å². The molecule has 1 saturated heterocycles. The number of aryl methyl sites for hydroxylation is 1. The van der Waals surface area contributed by atoms with E-state index in [1.165, 1.54) is 0 Å². The van der Waals surface area contributed by atoms with Crippen molar-refractivity contribution < 1.29 is 4.74 Å². The molecule has 0 bridgehead atoms. The maximum atomic E-state index is 5.40. The zero-order valence-electron chi connectivity index (χ0n) is 12.9. The van der Waals surface area contributed by atoms with E-state index >= 15 is 0 Å². The van der Waals surface area contributed by atoms with Crippen LogP contribution in [0.2, 0.25) is 0 Å². The molecule has 2 N–H and O–H groups in total. The van der Waals surface area contributed by atoms with Gasteiger partial charge in [0.05, 0.1) is 18.6 Å². The Kier molecular flexibility index (Phi) is 3.96. The van der Waals surface area contributed by atoms with E-state index in [0.29, 0.717) is 6.04 Å². The summed E-state index contributed by atoms with van der Waals surface area (Å²) in [4.78, 5) is 14.9. The maximum absolute atomic E-state index is 5.40. The van der Waals surface area contributed by atoms with Crippen LogP contribution in [0.25, 0.3) is 11.0 Å². The van der Waals surface area contributed by atoms with Crippen molar-refractivity contribution in [2.24, 2.45) is 0 Å². The van der Waals surface area contributed by atoms with Gasteiger partial charge in [-0.1, -0.05) is 6.92 Å². The number of nitrogens with zero attached hydrogens (tertiary/aromatic N) is 3. The van der Waals surface area contributed by atoms with E-state index in [0.717, 1.165) is 61.2 Å². The Labute approximate surface area is 124 Å². The number of aromatic amines is 1. The van der Waals surface area contributed by atoms with E-state index in [4.69, 9.17) is 9.72 Å². The molecule has 21 heavy (non-hydrogen) atoms. The average molecular weight is 289 g/mol. The van der Waals surface area contributed by atoms with Gasteiger partial charge in [0.1, 0.15) is 11.5 Å². The van der Waals surface area contributed by atoms with Crippen LogP contribution in [0.1, 0.15) is 26.0 Å². The highest BCUT2D eigenvalue weighted by molar-refractivity contribution is 5.89. The Morgan fingerprint density at radius 2 is 2.14 bits per heavy atom. The third kappa shape index (κ3) is 2.95. The van der Waals surface area contributed by atoms with Crippen molar-refractivity contribution >= 4 is 22.8 Å². The van der Waals surface area contributed by atoms with Gasteiger partial charge in [-0.2, -0.15) is 9.97 Å². The number of morpholine rings is 1. The lowest BCUT2D eigenvalue weighted by molar-refractivity contribution is 0.122. The lowest BCUT2D eigenvalue weighted by Crippen LogP contribution is -2.37. The lowest BCUT2D eigenvalue weighted by Gasteiger charge is -2.27. The Morgan fingerprint density at radius 1 is 1.38 bits per heavy atom. The van der Waals surface area contributed by atoms with Crippen LogP contribution in [0.4, 0.5) is 11.8 Å². The van der Waals surface area contributed by atoms with Crippen LogP contribution in [0.5, 0.6) is 0 Å². The highest BCUT2D eigenvalue weighted by atomic mass is 16.5. The fourth-order valence-corrected chi connectivity index (χ4v) is 2.48. The number of hydrogen-bond acceptors (Lipinski definition) is 5. The second-order valence-corrected chi connectivity index (χ2v) is 5.64. The molecule has 1 aliphatic rings. The number of H-pyrrole nitrogens is 1. The van der Waals surface area contributed by atoms with E-state index in [2.05, 4.69) is 40.1 Å². The Morgan fingerprint density at radius 3 is 2.86 bits per heavy atom. The van der Waals surface area contributed by atoms with Crippen molar-refractivity contribution in [1.82, 2.24) is 15.0 Å². The van der Waals surface area contributed by atoms with E-state index in [9.17, 15) is 0 Å². The van der Waals surface area contributed by atoms with Crippen molar-refractivity contribution in [3.63, 3.8) is 0 Å². The molecule has 0 aromatic carbocycles. The first-order chi connectivity index (χ1) is 10.2. The molecule has 114 valence electrons. The quantitative estimate of drug-likeness (QED) is 0.904. The van der Waals surface area contributed by atoms with E-state index in [1.54, 1.807) is 0 Å². The topological polar surface area (TPSA) is 66.1 Å². The lowest BCUT2D eigenvalue weighted by atomic mass is 10.2. The van der Waals surface area contributed by atoms with Gasteiger partial charge in [-0.05, 0) is 26.3 Å². The van der Waals surface area contributed by atoms with Crippen LogP contribution in [0.15, 0.2) is 6.07 Å². The minimum absolute atomic E-state index is 0.385. The second kappa shape index (κ2) is 5.89. The molecule has 3 rings (SSSR count). The maximum Gasteiger partial charge on any atom is 0.229 e. The van der Waals surface area contributed by atoms with Crippen LogP contribution in [0, 0.1) is 6.92 Å². The third-order valence-corrected chi connectivity index (χ3v) is 3.90. The smallest absolute Gasteiger partial charge is 0.229 e. The Balaban J connectivity index is 2.00. The molecular weight excluding hydrogens is 266 g/mol. The summed E-state index contributed by atoms with van der Waals surface area (Å²) in [5.41, 5.74) is 2.00. The molecule has 1 unspecified atom stereocenters. The molecular formula is C15H23N5O. The van der Waals surface area contributed by atoms with Gasteiger partial charge in [0, 0.05) is 24.8 Å². The fourth-order valence-electron chi connectivity index (χ4n) is 2.48. The first-order valence-corrected chi connectivity index (χ1v) is 7.64. The largest absolute Gasteiger partial charge is 0.378 e. The Hall–Kier alpha value is -1.82. The normalized spacial score (nSPS) is 17.2. The van der Waals surface area contributed by atoms with Crippen molar-refractivity contribution in [3.8, 4) is 0 Å². The molecule has 0 saturated carbocycles. The van der Waals surface area contributed by atoms with Gasteiger partial charge in [0.25, 0.3) is 0 Å². The molecule has 0 aliphatic carbocycles. The zero-order valence-corrected chi connectivity index (χ0v) is 12.9. The number of hydrogen-bond donors (Lipinski definition) is 2. The van der Waals surface area contributed by atoms with Gasteiger partial charge in [0.2, 0.25) is 5.95 Å². The SMILES string of the molecule is CCC(C)Nc1nc(N2CCOCC2)nc2[nH]c(C)cc12. The van der Waals surface area contributed by atoms with Crippen molar-refractivity contribution in [2.75, 3.05) is 36.5 Å². The molecule has 6 nitrogen and oxygen atoms in total. The predicted octanol–water partition coefficient (Wildman–Crippen LogP) is 2.31. The molecule has 2 aromatic rings. The van der Waals surface area contributed by atoms with Crippen LogP contribution in [-0.4, -0.2) is 47.3 Å². The molecule has 0 radical (unpaired) electrons. The van der Waals surface area contributed by atoms with Gasteiger partial charge in [-0.3, -0.25) is 0 Å². The van der Waals surface area contributed by atoms with Gasteiger partial charge >= 0.3 is 0 Å². The predicted molar refractivity (Wildman–Crippen MR) is 85.0 cm³/mol. The summed E-state index contributed by atoms with van der Waals surface area (Å²) in [5.74, 6) is 1.69. The summed E-state index contributed by atoms with van der Waals surface area (Å²) in [6, 6.07) is 2.49. The summed E-state index contributed by atoms with van der Waals surface area (Å²) in [6.45, 7) is 9.53. The summed E-state index contributed by atoms with van der Waals surface area (Å²) in [5, 5.41) is 4.56. The monoisotopic (exact) mass is 289 g/mol. The molecule has 1 aliphatic heterocycles. The molecule has 6 heteroatoms. The number of rotatable bonds is 4. The standard InChI is InChI=1S/C15H23N5O/c1-4-10(2)16-13-12-9-11(3)17-14(12)19-15(18-13)20-5-7-21-8-6-20/h9-10H,4-8H2,1-3H3,(H2,16,17,18,19). The first-order valence-electron chi connectivity index (χ1n) is 7.64. The minimum Gasteiger partial charge on any atom is -0.378 e. The summed E-state index contributed by atoms with van der Waals surface area (Å²) in [6.07, 6.45) is 1.06. The third-order valence-electron chi connectivity index (χ3n) is 3.90. The number of fused-ring (bicyclic) bond motifs is 1. The van der Waals surface area contributed by atoms with Gasteiger partial charge in [0.15, 0.2) is 0 Å². The number of ether oxygens (including phenoxy) is 1. The van der Waals surface area contributed by atoms with Gasteiger partial charge < -0.3 is 19.9 Å². The van der Waals surface area contributed by atoms with Crippen LogP contribution in [0.3, 0.4) is 0 Å². The van der Waals surface area contributed by atoms with Gasteiger partial charge in [-0.15, -0.1) is 0 Å². The average Bonchev–Trinajstić information content (AvgIpc) is 2.88. The van der Waals surface area contributed by atoms with E-state index < -0.39 is 0 Å². The number of anilines is 2.